The van der Waals surface area contributed by atoms with Crippen LogP contribution in [0.1, 0.15) is 16.8 Å². The lowest BCUT2D eigenvalue weighted by molar-refractivity contribution is -0.117. The molecule has 4 rings (SSSR count). The summed E-state index contributed by atoms with van der Waals surface area (Å²) in [6.07, 6.45) is 0. The van der Waals surface area contributed by atoms with Crippen molar-refractivity contribution in [2.75, 3.05) is 5.32 Å². The number of para-hydroxylation sites is 1. The Morgan fingerprint density at radius 3 is 2.52 bits per heavy atom. The number of halogens is 1. The molecule has 2 aromatic carbocycles. The van der Waals surface area contributed by atoms with Gasteiger partial charge in [0.15, 0.2) is 0 Å². The van der Waals surface area contributed by atoms with Gasteiger partial charge in [-0.2, -0.15) is 10.1 Å². The van der Waals surface area contributed by atoms with Crippen molar-refractivity contribution >= 4 is 23.3 Å². The number of carbonyl (C=O) groups is 1. The third-order valence-electron chi connectivity index (χ3n) is 4.94. The Labute approximate surface area is 183 Å². The molecule has 4 aromatic rings. The highest BCUT2D eigenvalue weighted by Crippen LogP contribution is 2.29. The Kier molecular flexibility index (Phi) is 5.52. The summed E-state index contributed by atoms with van der Waals surface area (Å²) in [7, 11) is 0. The van der Waals surface area contributed by atoms with Crippen LogP contribution in [-0.4, -0.2) is 30.7 Å². The predicted molar refractivity (Wildman–Crippen MR) is 117 cm³/mol. The fourth-order valence-corrected chi connectivity index (χ4v) is 3.41. The molecular weight excluding hydrogens is 414 g/mol. The highest BCUT2D eigenvalue weighted by Gasteiger charge is 2.21. The van der Waals surface area contributed by atoms with E-state index in [-0.39, 0.29) is 12.5 Å². The highest BCUT2D eigenvalue weighted by atomic mass is 35.5. The number of carbonyl (C=O) groups excluding carboxylic acids is 1. The zero-order valence-corrected chi connectivity index (χ0v) is 17.6. The van der Waals surface area contributed by atoms with Gasteiger partial charge in [-0.1, -0.05) is 29.8 Å². The lowest BCUT2D eigenvalue weighted by atomic mass is 10.2. The minimum atomic E-state index is -0.369. The summed E-state index contributed by atoms with van der Waals surface area (Å²) < 4.78 is 1.86. The summed E-state index contributed by atoms with van der Waals surface area (Å²) >= 11 is 5.91. The van der Waals surface area contributed by atoms with E-state index in [1.807, 2.05) is 48.7 Å². The first-order valence-electron chi connectivity index (χ1n) is 9.49. The minimum absolute atomic E-state index is 0.149. The van der Waals surface area contributed by atoms with E-state index >= 15 is 0 Å². The van der Waals surface area contributed by atoms with Gasteiger partial charge >= 0.3 is 0 Å². The molecule has 154 valence electrons. The summed E-state index contributed by atoms with van der Waals surface area (Å²) in [6.45, 7) is 3.63. The number of benzene rings is 2. The van der Waals surface area contributed by atoms with Crippen LogP contribution in [0, 0.1) is 25.2 Å². The molecule has 0 aliphatic heterocycles. The van der Waals surface area contributed by atoms with Crippen LogP contribution in [-0.2, 0) is 11.3 Å². The molecule has 2 heterocycles. The van der Waals surface area contributed by atoms with Gasteiger partial charge in [-0.15, -0.1) is 10.2 Å². The number of hydrogen-bond acceptors (Lipinski definition) is 5. The molecule has 0 fully saturated rings. The topological polar surface area (TPSA) is 101 Å². The Morgan fingerprint density at radius 1 is 1.13 bits per heavy atom. The van der Waals surface area contributed by atoms with Gasteiger partial charge in [0.2, 0.25) is 11.7 Å². The van der Waals surface area contributed by atoms with Crippen molar-refractivity contribution in [3.8, 4) is 23.1 Å². The van der Waals surface area contributed by atoms with Gasteiger partial charge in [0.05, 0.1) is 5.56 Å². The normalized spacial score (nSPS) is 10.6. The van der Waals surface area contributed by atoms with Crippen molar-refractivity contribution in [1.82, 2.24) is 24.8 Å². The quantitative estimate of drug-likeness (QED) is 0.516. The molecule has 0 radical (unpaired) electrons. The number of hydrogen-bond donors (Lipinski definition) is 1. The maximum absolute atomic E-state index is 12.8. The Hall–Kier alpha value is -3.96. The molecule has 31 heavy (non-hydrogen) atoms. The molecule has 1 amide bonds. The molecule has 0 bridgehead atoms. The second-order valence-electron chi connectivity index (χ2n) is 6.92. The van der Waals surface area contributed by atoms with Crippen molar-refractivity contribution in [2.45, 2.75) is 20.4 Å². The van der Waals surface area contributed by atoms with E-state index in [9.17, 15) is 10.1 Å². The largest absolute Gasteiger partial charge is 0.309 e. The van der Waals surface area contributed by atoms with Crippen molar-refractivity contribution in [2.24, 2.45) is 0 Å². The zero-order chi connectivity index (χ0) is 22.0. The molecule has 9 heteroatoms. The molecule has 1 N–H and O–H groups in total. The number of tetrazole rings is 1. The number of aromatic nitrogens is 5. The minimum Gasteiger partial charge on any atom is -0.309 e. The Bertz CT molecular complexity index is 1280. The van der Waals surface area contributed by atoms with Crippen LogP contribution in [0.4, 0.5) is 5.82 Å². The Balaban J connectivity index is 1.59. The van der Waals surface area contributed by atoms with Gasteiger partial charge in [-0.3, -0.25) is 9.36 Å². The lowest BCUT2D eigenvalue weighted by Gasteiger charge is -2.13. The van der Waals surface area contributed by atoms with Gasteiger partial charge in [-0.25, -0.2) is 0 Å². The standard InChI is InChI=1S/C22H18ClN7O/c1-14-15(2)30(18-6-4-3-5-7-18)22(19(14)12-24)25-20(31)13-29-27-21(26-28-29)16-8-10-17(23)11-9-16/h3-11H,13H2,1-2H3,(H,25,31). The van der Waals surface area contributed by atoms with Crippen molar-refractivity contribution in [3.63, 3.8) is 0 Å². The van der Waals surface area contributed by atoms with Gasteiger partial charge < -0.3 is 5.32 Å². The number of rotatable bonds is 5. The number of anilines is 1. The average Bonchev–Trinajstić information content (AvgIpc) is 3.32. The molecule has 0 saturated heterocycles. The van der Waals surface area contributed by atoms with Crippen LogP contribution in [0.3, 0.4) is 0 Å². The number of nitriles is 1. The number of nitrogens with one attached hydrogen (secondary N) is 1. The van der Waals surface area contributed by atoms with Crippen LogP contribution < -0.4 is 5.32 Å². The first-order chi connectivity index (χ1) is 15.0. The summed E-state index contributed by atoms with van der Waals surface area (Å²) in [6, 6.07) is 18.8. The number of amides is 1. The van der Waals surface area contributed by atoms with Crippen molar-refractivity contribution in [3.05, 3.63) is 76.4 Å². The smallest absolute Gasteiger partial charge is 0.249 e. The lowest BCUT2D eigenvalue weighted by Crippen LogP contribution is -2.22. The predicted octanol–water partition coefficient (Wildman–Crippen LogP) is 3.91. The molecule has 2 aromatic heterocycles. The van der Waals surface area contributed by atoms with Crippen LogP contribution in [0.2, 0.25) is 5.02 Å². The van der Waals surface area contributed by atoms with Crippen molar-refractivity contribution < 1.29 is 4.79 Å². The summed E-state index contributed by atoms with van der Waals surface area (Å²) in [4.78, 5) is 14.0. The molecular formula is C22H18ClN7O. The zero-order valence-electron chi connectivity index (χ0n) is 16.9. The highest BCUT2D eigenvalue weighted by molar-refractivity contribution is 6.30. The first kappa shape index (κ1) is 20.3. The van der Waals surface area contributed by atoms with Gasteiger partial charge in [0.25, 0.3) is 0 Å². The van der Waals surface area contributed by atoms with E-state index in [4.69, 9.17) is 11.6 Å². The van der Waals surface area contributed by atoms with E-state index in [0.717, 1.165) is 22.5 Å². The molecule has 0 aliphatic carbocycles. The van der Waals surface area contributed by atoms with Crippen molar-refractivity contribution in [1.29, 1.82) is 5.26 Å². The fourth-order valence-electron chi connectivity index (χ4n) is 3.29. The molecule has 0 aliphatic rings. The molecule has 0 atom stereocenters. The molecule has 8 nitrogen and oxygen atoms in total. The van der Waals surface area contributed by atoms with Gasteiger partial charge in [0, 0.05) is 22.0 Å². The van der Waals surface area contributed by atoms with E-state index in [2.05, 4.69) is 26.8 Å². The second-order valence-corrected chi connectivity index (χ2v) is 7.35. The number of nitrogens with zero attached hydrogens (tertiary/aromatic N) is 6. The van der Waals surface area contributed by atoms with Gasteiger partial charge in [0.1, 0.15) is 18.4 Å². The summed E-state index contributed by atoms with van der Waals surface area (Å²) in [5.41, 5.74) is 3.70. The SMILES string of the molecule is Cc1c(C#N)c(NC(=O)Cn2nnc(-c3ccc(Cl)cc3)n2)n(-c2ccccc2)c1C. The molecule has 0 unspecified atom stereocenters. The molecule has 0 spiro atoms. The van der Waals surface area contributed by atoms with E-state index in [1.165, 1.54) is 4.80 Å². The van der Waals surface area contributed by atoms with Gasteiger partial charge in [-0.05, 0) is 61.0 Å². The first-order valence-corrected chi connectivity index (χ1v) is 9.86. The van der Waals surface area contributed by atoms with Crippen LogP contribution in [0.5, 0.6) is 0 Å². The van der Waals surface area contributed by atoms with E-state index in [0.29, 0.717) is 22.2 Å². The fraction of sp³-hybridized carbons (Fsp3) is 0.136. The second kappa shape index (κ2) is 8.42. The maximum atomic E-state index is 12.8. The van der Waals surface area contributed by atoms with E-state index in [1.54, 1.807) is 24.3 Å². The van der Waals surface area contributed by atoms with Crippen LogP contribution in [0.15, 0.2) is 54.6 Å². The van der Waals surface area contributed by atoms with Crippen LogP contribution >= 0.6 is 11.6 Å². The summed E-state index contributed by atoms with van der Waals surface area (Å²) in [5, 5.41) is 25.3. The third kappa shape index (κ3) is 4.04. The molecule has 0 saturated carbocycles. The van der Waals surface area contributed by atoms with E-state index < -0.39 is 0 Å². The monoisotopic (exact) mass is 431 g/mol. The third-order valence-corrected chi connectivity index (χ3v) is 5.19. The average molecular weight is 432 g/mol. The van der Waals surface area contributed by atoms with Crippen LogP contribution in [0.25, 0.3) is 17.1 Å². The maximum Gasteiger partial charge on any atom is 0.249 e. The Morgan fingerprint density at radius 2 is 1.84 bits per heavy atom. The summed E-state index contributed by atoms with van der Waals surface area (Å²) in [5.74, 6) is 0.444.